The van der Waals surface area contributed by atoms with Crippen LogP contribution in [0.2, 0.25) is 0 Å². The lowest BCUT2D eigenvalue weighted by Crippen LogP contribution is -2.35. The average Bonchev–Trinajstić information content (AvgIpc) is 3.19. The summed E-state index contributed by atoms with van der Waals surface area (Å²) in [5.41, 5.74) is -2.87. The number of hydrogen-bond acceptors (Lipinski definition) is 10. The van der Waals surface area contributed by atoms with Crippen LogP contribution in [0.1, 0.15) is 5.56 Å². The van der Waals surface area contributed by atoms with Crippen molar-refractivity contribution in [2.75, 3.05) is 5.32 Å². The topological polar surface area (TPSA) is 203 Å². The molecule has 0 atom stereocenters. The first-order chi connectivity index (χ1) is 16.3. The normalized spacial score (nSPS) is 11.6. The van der Waals surface area contributed by atoms with Gasteiger partial charge in [0.05, 0.1) is 20.3 Å². The molecular formula is C16H10F3N7O7S2. The largest absolute Gasteiger partial charge is 0.416 e. The summed E-state index contributed by atoms with van der Waals surface area (Å²) in [5.74, 6) is -0.433. The predicted molar refractivity (Wildman–Crippen MR) is 111 cm³/mol. The van der Waals surface area contributed by atoms with E-state index in [1.54, 1.807) is 4.72 Å². The van der Waals surface area contributed by atoms with Crippen LogP contribution in [-0.2, 0) is 16.2 Å². The number of carbonyl (C=O) groups excluding carboxylic acids is 1. The molecule has 184 valence electrons. The number of para-hydroxylation sites is 1. The molecule has 0 aliphatic heterocycles. The third-order valence-corrected chi connectivity index (χ3v) is 6.27. The molecule has 0 unspecified atom stereocenters. The van der Waals surface area contributed by atoms with E-state index in [1.165, 1.54) is 12.1 Å². The number of nitro groups is 2. The number of hydrogen-bond donors (Lipinski definition) is 3. The molecule has 1 aromatic heterocycles. The minimum atomic E-state index is -4.80. The number of anilines is 1. The number of rotatable bonds is 7. The molecule has 0 fully saturated rings. The number of nitro benzene ring substituents is 2. The number of nitrogens with one attached hydrogen (secondary N) is 3. The molecule has 0 aliphatic carbocycles. The molecule has 1 heterocycles. The van der Waals surface area contributed by atoms with Crippen molar-refractivity contribution >= 4 is 45.1 Å². The number of aromatic nitrogens is 3. The van der Waals surface area contributed by atoms with E-state index in [-0.39, 0.29) is 10.1 Å². The van der Waals surface area contributed by atoms with Crippen molar-refractivity contribution < 1.29 is 36.2 Å². The van der Waals surface area contributed by atoms with Crippen molar-refractivity contribution in [2.45, 2.75) is 21.1 Å². The lowest BCUT2D eigenvalue weighted by Gasteiger charge is -2.07. The molecule has 3 rings (SSSR count). The molecule has 2 amide bonds. The maximum absolute atomic E-state index is 12.8. The first-order valence-corrected chi connectivity index (χ1v) is 11.1. The Morgan fingerprint density at radius 2 is 1.71 bits per heavy atom. The van der Waals surface area contributed by atoms with Crippen molar-refractivity contribution in [1.82, 2.24) is 19.9 Å². The van der Waals surface area contributed by atoms with Gasteiger partial charge in [0.2, 0.25) is 11.1 Å². The van der Waals surface area contributed by atoms with Crippen LogP contribution in [-0.4, -0.2) is 39.5 Å². The van der Waals surface area contributed by atoms with E-state index in [2.05, 4.69) is 15.2 Å². The van der Waals surface area contributed by atoms with Crippen molar-refractivity contribution in [1.29, 1.82) is 0 Å². The van der Waals surface area contributed by atoms with E-state index >= 15 is 0 Å². The molecule has 0 saturated carbocycles. The Hall–Kier alpha value is -4.26. The second-order valence-electron chi connectivity index (χ2n) is 6.29. The molecule has 0 aliphatic rings. The van der Waals surface area contributed by atoms with Crippen LogP contribution in [0.15, 0.2) is 57.4 Å². The minimum Gasteiger partial charge on any atom is -0.276 e. The summed E-state index contributed by atoms with van der Waals surface area (Å²) in [6.07, 6.45) is -4.80. The SMILES string of the molecule is O=C(Nc1nc(Sc2ccc(C(F)(F)F)cc2[N+](=O)[O-])n[nH]1)NS(=O)(=O)c1ccccc1[N+](=O)[O-]. The van der Waals surface area contributed by atoms with E-state index in [1.807, 2.05) is 5.32 Å². The fraction of sp³-hybridized carbons (Fsp3) is 0.0625. The molecule has 3 N–H and O–H groups in total. The quantitative estimate of drug-likeness (QED) is 0.298. The molecule has 3 aromatic rings. The highest BCUT2D eigenvalue weighted by Crippen LogP contribution is 2.38. The number of carbonyl (C=O) groups is 1. The van der Waals surface area contributed by atoms with Crippen LogP contribution in [0, 0.1) is 20.2 Å². The van der Waals surface area contributed by atoms with Gasteiger partial charge in [0.1, 0.15) is 0 Å². The number of amides is 2. The number of benzene rings is 2. The van der Waals surface area contributed by atoms with Gasteiger partial charge in [-0.3, -0.25) is 25.5 Å². The number of sulfonamides is 1. The summed E-state index contributed by atoms with van der Waals surface area (Å²) in [4.78, 5) is 35.0. The molecule has 19 heteroatoms. The Morgan fingerprint density at radius 1 is 1.06 bits per heavy atom. The summed E-state index contributed by atoms with van der Waals surface area (Å²) in [5, 5.41) is 29.7. The second-order valence-corrected chi connectivity index (χ2v) is 8.95. The summed E-state index contributed by atoms with van der Waals surface area (Å²) < 4.78 is 64.7. The first-order valence-electron chi connectivity index (χ1n) is 8.81. The smallest absolute Gasteiger partial charge is 0.276 e. The van der Waals surface area contributed by atoms with Crippen molar-refractivity contribution in [2.24, 2.45) is 0 Å². The zero-order chi connectivity index (χ0) is 26.0. The van der Waals surface area contributed by atoms with Gasteiger partial charge in [0, 0.05) is 12.1 Å². The van der Waals surface area contributed by atoms with Gasteiger partial charge >= 0.3 is 12.2 Å². The first kappa shape index (κ1) is 25.4. The van der Waals surface area contributed by atoms with Gasteiger partial charge in [-0.05, 0) is 30.0 Å². The van der Waals surface area contributed by atoms with Crippen LogP contribution in [0.4, 0.5) is 35.3 Å². The number of aromatic amines is 1. The molecule has 0 spiro atoms. The zero-order valence-electron chi connectivity index (χ0n) is 16.6. The monoisotopic (exact) mass is 533 g/mol. The molecule has 0 radical (unpaired) electrons. The average molecular weight is 533 g/mol. The van der Waals surface area contributed by atoms with E-state index in [0.717, 1.165) is 18.2 Å². The number of urea groups is 1. The highest BCUT2D eigenvalue weighted by molar-refractivity contribution is 7.99. The Balaban J connectivity index is 1.74. The van der Waals surface area contributed by atoms with Gasteiger partial charge in [0.25, 0.3) is 21.4 Å². The third kappa shape index (κ3) is 6.00. The van der Waals surface area contributed by atoms with Gasteiger partial charge in [0.15, 0.2) is 4.90 Å². The van der Waals surface area contributed by atoms with E-state index in [0.29, 0.717) is 23.9 Å². The summed E-state index contributed by atoms with van der Waals surface area (Å²) >= 11 is 0.498. The highest BCUT2D eigenvalue weighted by atomic mass is 32.2. The number of H-pyrrole nitrogens is 1. The maximum atomic E-state index is 12.8. The Labute approximate surface area is 196 Å². The van der Waals surface area contributed by atoms with Crippen LogP contribution < -0.4 is 10.0 Å². The van der Waals surface area contributed by atoms with Crippen molar-refractivity contribution in [3.63, 3.8) is 0 Å². The Bertz CT molecular complexity index is 1430. The second kappa shape index (κ2) is 9.54. The fourth-order valence-electron chi connectivity index (χ4n) is 2.51. The lowest BCUT2D eigenvalue weighted by atomic mass is 10.2. The number of nitrogens with zero attached hydrogens (tertiary/aromatic N) is 4. The maximum Gasteiger partial charge on any atom is 0.416 e. The summed E-state index contributed by atoms with van der Waals surface area (Å²) in [7, 11) is -4.67. The van der Waals surface area contributed by atoms with Crippen LogP contribution in [0.25, 0.3) is 0 Å². The van der Waals surface area contributed by atoms with E-state index in [9.17, 15) is 46.6 Å². The van der Waals surface area contributed by atoms with E-state index < -0.39 is 59.9 Å². The summed E-state index contributed by atoms with van der Waals surface area (Å²) in [6, 6.07) is 4.71. The van der Waals surface area contributed by atoms with Gasteiger partial charge in [-0.2, -0.15) is 18.2 Å². The fourth-order valence-corrected chi connectivity index (χ4v) is 4.39. The third-order valence-electron chi connectivity index (χ3n) is 3.96. The molecule has 0 saturated heterocycles. The zero-order valence-corrected chi connectivity index (χ0v) is 18.3. The lowest BCUT2D eigenvalue weighted by molar-refractivity contribution is -0.388. The van der Waals surface area contributed by atoms with Crippen LogP contribution in [0.5, 0.6) is 0 Å². The van der Waals surface area contributed by atoms with Crippen molar-refractivity contribution in [3.05, 3.63) is 68.3 Å². The number of alkyl halides is 3. The van der Waals surface area contributed by atoms with Gasteiger partial charge in [-0.25, -0.2) is 23.0 Å². The Kier molecular flexibility index (Phi) is 6.91. The highest BCUT2D eigenvalue weighted by Gasteiger charge is 2.33. The van der Waals surface area contributed by atoms with Gasteiger partial charge in [-0.15, -0.1) is 5.10 Å². The molecule has 35 heavy (non-hydrogen) atoms. The van der Waals surface area contributed by atoms with Gasteiger partial charge < -0.3 is 0 Å². The summed E-state index contributed by atoms with van der Waals surface area (Å²) in [6.45, 7) is 0. The van der Waals surface area contributed by atoms with E-state index in [4.69, 9.17) is 0 Å². The van der Waals surface area contributed by atoms with Crippen molar-refractivity contribution in [3.8, 4) is 0 Å². The predicted octanol–water partition coefficient (Wildman–Crippen LogP) is 3.30. The van der Waals surface area contributed by atoms with Gasteiger partial charge in [-0.1, -0.05) is 12.1 Å². The molecule has 2 aromatic carbocycles. The van der Waals surface area contributed by atoms with Crippen LogP contribution >= 0.6 is 11.8 Å². The molecule has 0 bridgehead atoms. The Morgan fingerprint density at radius 3 is 2.34 bits per heavy atom. The van der Waals surface area contributed by atoms with Crippen LogP contribution in [0.3, 0.4) is 0 Å². The number of halogens is 3. The molecule has 14 nitrogen and oxygen atoms in total. The minimum absolute atomic E-state index is 0.239. The standard InChI is InChI=1S/C16H10F3N7O7S2/c17-16(18,19)8-5-6-11(10(7-8)26(30)31)34-15-21-13(22-23-15)20-14(27)24-35(32,33)12-4-2-1-3-9(12)25(28)29/h1-7H,(H3,20,21,22,23,24,27). The molecular weight excluding hydrogens is 523 g/mol.